The zero-order valence-corrected chi connectivity index (χ0v) is 12.4. The third-order valence-electron chi connectivity index (χ3n) is 2.63. The molecule has 0 saturated carbocycles. The van der Waals surface area contributed by atoms with Crippen molar-refractivity contribution < 1.29 is 22.6 Å². The van der Waals surface area contributed by atoms with Gasteiger partial charge in [0.2, 0.25) is 0 Å². The van der Waals surface area contributed by atoms with Crippen LogP contribution in [-0.4, -0.2) is 12.4 Å². The fraction of sp³-hybridized carbons (Fsp3) is 0.133. The highest BCUT2D eigenvalue weighted by Crippen LogP contribution is 2.26. The van der Waals surface area contributed by atoms with Gasteiger partial charge in [0.05, 0.1) is 0 Å². The zero-order chi connectivity index (χ0) is 16.9. The van der Waals surface area contributed by atoms with Crippen LogP contribution in [0.25, 0.3) is 0 Å². The molecule has 122 valence electrons. The number of rotatable bonds is 4. The Morgan fingerprint density at radius 3 is 2.39 bits per heavy atom. The molecule has 2 N–H and O–H groups in total. The van der Waals surface area contributed by atoms with E-state index in [1.54, 1.807) is 24.3 Å². The van der Waals surface area contributed by atoms with Gasteiger partial charge in [-0.3, -0.25) is 5.41 Å². The number of amidine groups is 1. The Balaban J connectivity index is 1.89. The first-order valence-corrected chi connectivity index (χ1v) is 6.80. The molecule has 0 atom stereocenters. The van der Waals surface area contributed by atoms with Gasteiger partial charge in [0, 0.05) is 17.6 Å². The molecule has 0 saturated heterocycles. The molecule has 0 bridgehead atoms. The van der Waals surface area contributed by atoms with Crippen molar-refractivity contribution in [1.29, 1.82) is 5.41 Å². The monoisotopic (exact) mass is 344 g/mol. The first kappa shape index (κ1) is 17.0. The van der Waals surface area contributed by atoms with Gasteiger partial charge < -0.3 is 14.8 Å². The highest BCUT2D eigenvalue weighted by Gasteiger charge is 2.31. The Labute approximate surface area is 135 Å². The van der Waals surface area contributed by atoms with Crippen LogP contribution in [0, 0.1) is 5.41 Å². The second-order valence-corrected chi connectivity index (χ2v) is 4.87. The molecule has 0 spiro atoms. The van der Waals surface area contributed by atoms with Gasteiger partial charge in [-0.15, -0.1) is 13.2 Å². The van der Waals surface area contributed by atoms with E-state index < -0.39 is 12.1 Å². The SMILES string of the molecule is N=C(NCc1ccc(Cl)cc1)Oc1cccc(OC(F)(F)F)c1. The van der Waals surface area contributed by atoms with Crippen LogP contribution < -0.4 is 14.8 Å². The summed E-state index contributed by atoms with van der Waals surface area (Å²) in [6, 6.07) is 11.6. The van der Waals surface area contributed by atoms with Crippen LogP contribution in [-0.2, 0) is 6.54 Å². The van der Waals surface area contributed by atoms with Crippen molar-refractivity contribution in [3.05, 3.63) is 59.1 Å². The molecule has 0 aliphatic heterocycles. The summed E-state index contributed by atoms with van der Waals surface area (Å²) in [4.78, 5) is 0. The molecular formula is C15H12ClF3N2O2. The van der Waals surface area contributed by atoms with Crippen LogP contribution >= 0.6 is 11.6 Å². The topological polar surface area (TPSA) is 54.3 Å². The Kier molecular flexibility index (Phi) is 5.33. The fourth-order valence-electron chi connectivity index (χ4n) is 1.67. The lowest BCUT2D eigenvalue weighted by molar-refractivity contribution is -0.274. The third-order valence-corrected chi connectivity index (χ3v) is 2.88. The Bertz CT molecular complexity index is 675. The van der Waals surface area contributed by atoms with E-state index in [0.717, 1.165) is 17.7 Å². The highest BCUT2D eigenvalue weighted by atomic mass is 35.5. The van der Waals surface area contributed by atoms with Gasteiger partial charge in [0.1, 0.15) is 11.5 Å². The first-order chi connectivity index (χ1) is 10.8. The van der Waals surface area contributed by atoms with Crippen LogP contribution in [0.4, 0.5) is 13.2 Å². The Morgan fingerprint density at radius 2 is 1.74 bits per heavy atom. The first-order valence-electron chi connectivity index (χ1n) is 6.42. The number of hydrogen-bond donors (Lipinski definition) is 2. The Hall–Kier alpha value is -2.41. The molecule has 2 aromatic carbocycles. The minimum absolute atomic E-state index is 0.0559. The van der Waals surface area contributed by atoms with Crippen LogP contribution in [0.15, 0.2) is 48.5 Å². The molecule has 2 aromatic rings. The van der Waals surface area contributed by atoms with E-state index in [4.69, 9.17) is 21.7 Å². The van der Waals surface area contributed by atoms with E-state index in [-0.39, 0.29) is 11.8 Å². The number of nitrogens with one attached hydrogen (secondary N) is 2. The maximum atomic E-state index is 12.1. The molecule has 0 heterocycles. The van der Waals surface area contributed by atoms with Crippen LogP contribution in [0.5, 0.6) is 11.5 Å². The van der Waals surface area contributed by atoms with Crippen molar-refractivity contribution in [2.45, 2.75) is 12.9 Å². The number of hydrogen-bond acceptors (Lipinski definition) is 3. The highest BCUT2D eigenvalue weighted by molar-refractivity contribution is 6.30. The zero-order valence-electron chi connectivity index (χ0n) is 11.7. The summed E-state index contributed by atoms with van der Waals surface area (Å²) >= 11 is 5.76. The van der Waals surface area contributed by atoms with Crippen LogP contribution in [0.1, 0.15) is 5.56 Å². The lowest BCUT2D eigenvalue weighted by Crippen LogP contribution is -2.27. The van der Waals surface area contributed by atoms with Gasteiger partial charge in [0.15, 0.2) is 0 Å². The van der Waals surface area contributed by atoms with E-state index in [1.165, 1.54) is 12.1 Å². The molecule has 0 aliphatic rings. The average molecular weight is 345 g/mol. The molecular weight excluding hydrogens is 333 g/mol. The fourth-order valence-corrected chi connectivity index (χ4v) is 1.80. The summed E-state index contributed by atoms with van der Waals surface area (Å²) in [5, 5.41) is 10.9. The lowest BCUT2D eigenvalue weighted by Gasteiger charge is -2.12. The predicted octanol–water partition coefficient (Wildman–Crippen LogP) is 4.34. The maximum absolute atomic E-state index is 12.1. The summed E-state index contributed by atoms with van der Waals surface area (Å²) in [5.74, 6) is -0.360. The van der Waals surface area contributed by atoms with Gasteiger partial charge in [-0.1, -0.05) is 29.8 Å². The second-order valence-electron chi connectivity index (χ2n) is 4.43. The summed E-state index contributed by atoms with van der Waals surface area (Å²) in [6.45, 7) is 0.314. The van der Waals surface area contributed by atoms with Crippen molar-refractivity contribution in [3.63, 3.8) is 0 Å². The van der Waals surface area contributed by atoms with E-state index >= 15 is 0 Å². The lowest BCUT2D eigenvalue weighted by atomic mass is 10.2. The molecule has 4 nitrogen and oxygen atoms in total. The molecule has 0 aliphatic carbocycles. The Morgan fingerprint density at radius 1 is 1.09 bits per heavy atom. The number of ether oxygens (including phenoxy) is 2. The average Bonchev–Trinajstić information content (AvgIpc) is 2.45. The molecule has 8 heteroatoms. The third kappa shape index (κ3) is 6.07. The van der Waals surface area contributed by atoms with Crippen molar-refractivity contribution in [1.82, 2.24) is 5.32 Å². The summed E-state index contributed by atoms with van der Waals surface area (Å²) in [6.07, 6.45) is -4.78. The molecule has 0 aromatic heterocycles. The summed E-state index contributed by atoms with van der Waals surface area (Å²) in [5.41, 5.74) is 0.872. The van der Waals surface area contributed by atoms with E-state index in [0.29, 0.717) is 11.6 Å². The second kappa shape index (κ2) is 7.23. The van der Waals surface area contributed by atoms with Crippen molar-refractivity contribution in [3.8, 4) is 11.5 Å². The van der Waals surface area contributed by atoms with Crippen LogP contribution in [0.2, 0.25) is 5.02 Å². The standard InChI is InChI=1S/C15H12ClF3N2O2/c16-11-6-4-10(5-7-11)9-21-14(20)22-12-2-1-3-13(8-12)23-15(17,18)19/h1-8H,9H2,(H2,20,21). The predicted molar refractivity (Wildman–Crippen MR) is 79.8 cm³/mol. The number of halogens is 4. The van der Waals surface area contributed by atoms with Crippen molar-refractivity contribution >= 4 is 17.6 Å². The van der Waals surface area contributed by atoms with Gasteiger partial charge >= 0.3 is 6.36 Å². The molecule has 2 rings (SSSR count). The van der Waals surface area contributed by atoms with Crippen molar-refractivity contribution in [2.24, 2.45) is 0 Å². The maximum Gasteiger partial charge on any atom is 0.573 e. The van der Waals surface area contributed by atoms with E-state index in [9.17, 15) is 13.2 Å². The van der Waals surface area contributed by atoms with E-state index in [1.807, 2.05) is 0 Å². The summed E-state index contributed by atoms with van der Waals surface area (Å²) in [7, 11) is 0. The largest absolute Gasteiger partial charge is 0.573 e. The van der Waals surface area contributed by atoms with Crippen molar-refractivity contribution in [2.75, 3.05) is 0 Å². The van der Waals surface area contributed by atoms with Crippen LogP contribution in [0.3, 0.4) is 0 Å². The molecule has 23 heavy (non-hydrogen) atoms. The van der Waals surface area contributed by atoms with Gasteiger partial charge in [-0.05, 0) is 29.8 Å². The minimum atomic E-state index is -4.78. The molecule has 0 radical (unpaired) electrons. The van der Waals surface area contributed by atoms with Gasteiger partial charge in [0.25, 0.3) is 6.02 Å². The van der Waals surface area contributed by atoms with Gasteiger partial charge in [-0.25, -0.2) is 0 Å². The molecule has 0 amide bonds. The molecule has 0 fully saturated rings. The normalized spacial score (nSPS) is 11.0. The minimum Gasteiger partial charge on any atom is -0.426 e. The smallest absolute Gasteiger partial charge is 0.426 e. The van der Waals surface area contributed by atoms with E-state index in [2.05, 4.69) is 10.1 Å². The quantitative estimate of drug-likeness (QED) is 0.640. The number of benzene rings is 2. The van der Waals surface area contributed by atoms with Gasteiger partial charge in [-0.2, -0.15) is 0 Å². The molecule has 0 unspecified atom stereocenters. The summed E-state index contributed by atoms with van der Waals surface area (Å²) < 4.78 is 45.3. The number of alkyl halides is 3.